The summed E-state index contributed by atoms with van der Waals surface area (Å²) in [4.78, 5) is 53.3. The van der Waals surface area contributed by atoms with Crippen LogP contribution in [0.25, 0.3) is 0 Å². The van der Waals surface area contributed by atoms with Crippen molar-refractivity contribution in [1.82, 2.24) is 8.46 Å². The summed E-state index contributed by atoms with van der Waals surface area (Å²) < 4.78 is 31.9. The van der Waals surface area contributed by atoms with E-state index in [1.807, 2.05) is 158 Å². The second-order valence-electron chi connectivity index (χ2n) is 23.0. The number of hydrogen-bond acceptors (Lipinski definition) is 10. The van der Waals surface area contributed by atoms with Crippen LogP contribution in [-0.4, -0.2) is 121 Å². The van der Waals surface area contributed by atoms with Crippen LogP contribution in [0.5, 0.6) is 0 Å². The third kappa shape index (κ3) is 23.5. The zero-order valence-corrected chi connectivity index (χ0v) is 58.0. The number of rotatable bonds is 35. The van der Waals surface area contributed by atoms with Crippen LogP contribution in [-0.2, 0) is 35.6 Å². The third-order valence-electron chi connectivity index (χ3n) is 14.8. The van der Waals surface area contributed by atoms with Crippen molar-refractivity contribution in [2.24, 2.45) is 5.92 Å². The fraction of sp³-hybridized carbons (Fsp3) is 0.375. The van der Waals surface area contributed by atoms with Crippen molar-refractivity contribution in [3.8, 4) is 0 Å². The van der Waals surface area contributed by atoms with Crippen LogP contribution in [0.2, 0.25) is 58.4 Å². The molecular formula is C64H94N6O9SSi5. The number of nitrogens with one attached hydrogen (secondary N) is 4. The maximum Gasteiger partial charge on any atom is 0.500 e. The van der Waals surface area contributed by atoms with Gasteiger partial charge in [-0.05, 0) is 186 Å². The van der Waals surface area contributed by atoms with Crippen LogP contribution in [0, 0.1) is 5.92 Å². The van der Waals surface area contributed by atoms with Crippen molar-refractivity contribution in [2.75, 3.05) is 67.3 Å². The van der Waals surface area contributed by atoms with Crippen molar-refractivity contribution in [3.05, 3.63) is 193 Å². The number of allylic oxidation sites excluding steroid dienone is 2. The highest BCUT2D eigenvalue weighted by atomic mass is 32.2. The fourth-order valence-corrected chi connectivity index (χ4v) is 28.9. The molecule has 0 aliphatic heterocycles. The molecule has 0 radical (unpaired) electrons. The van der Waals surface area contributed by atoms with Gasteiger partial charge < -0.3 is 41.8 Å². The van der Waals surface area contributed by atoms with Gasteiger partial charge in [0.1, 0.15) is 13.2 Å². The van der Waals surface area contributed by atoms with Gasteiger partial charge >= 0.3 is 33.1 Å². The SMILES string of the molecule is C=C[Si](C)(C)N(C(=O)Nc1cccc(Cc2cccc(NC(=O)OCC=CCCC(CC=CCOC(=O)Nc3cccc(Cc4cccc(NC(=O)N([Si](C)(C)C=C)[Si](C)(C)C=C)c4)c3)CCSCCC[Si](OC)(OC)OC)c2)c1)[Si](C)(C)C=C. The van der Waals surface area contributed by atoms with Gasteiger partial charge in [-0.3, -0.25) is 20.2 Å². The van der Waals surface area contributed by atoms with Gasteiger partial charge in [-0.15, -0.1) is 26.3 Å². The zero-order valence-electron chi connectivity index (χ0n) is 52.2. The first-order chi connectivity index (χ1) is 40.4. The van der Waals surface area contributed by atoms with E-state index in [1.54, 1.807) is 21.3 Å². The smallest absolute Gasteiger partial charge is 0.445 e. The van der Waals surface area contributed by atoms with Gasteiger partial charge in [0.25, 0.3) is 0 Å². The standard InChI is InChI=1S/C64H94N6O9SSi5/c1-16-81(8,9)69(82(10,11)17-2)61(71)65-57-36-25-32-53(48-57)46-55-34-27-38-59(50-55)67-63(73)78-41-23-20-21-30-52(40-44-80-43-29-45-85(75-5,76-6)77-7)31-22-24-42-79-64(74)68-60-39-28-35-56(51-60)47-54-33-26-37-58(49-54)66-62(72)70(83(12,13)18-3)84(14,15)19-4/h16-20,22-28,32-39,48-52H,1-4,21,29-31,40-47H2,5-15H3,(H,65,71)(H,66,72)(H,67,73)(H,68,74). The number of amides is 6. The van der Waals surface area contributed by atoms with Gasteiger partial charge in [0, 0.05) is 50.1 Å². The number of ether oxygens (including phenoxy) is 2. The minimum atomic E-state index is -2.61. The summed E-state index contributed by atoms with van der Waals surface area (Å²) in [5, 5.41) is 12.0. The predicted molar refractivity (Wildman–Crippen MR) is 368 cm³/mol. The Bertz CT molecular complexity index is 2890. The predicted octanol–water partition coefficient (Wildman–Crippen LogP) is 16.3. The molecule has 460 valence electrons. The summed E-state index contributed by atoms with van der Waals surface area (Å²) in [6.07, 6.45) is 12.4. The molecule has 0 aromatic heterocycles. The normalized spacial score (nSPS) is 12.5. The topological polar surface area (TPSA) is 169 Å². The number of anilines is 4. The van der Waals surface area contributed by atoms with Crippen LogP contribution in [0.4, 0.5) is 41.9 Å². The van der Waals surface area contributed by atoms with E-state index >= 15 is 0 Å². The fourth-order valence-electron chi connectivity index (χ4n) is 9.87. The Morgan fingerprint density at radius 1 is 0.506 bits per heavy atom. The summed E-state index contributed by atoms with van der Waals surface area (Å²) in [7, 11) is -6.67. The minimum Gasteiger partial charge on any atom is -0.445 e. The van der Waals surface area contributed by atoms with Crippen LogP contribution < -0.4 is 21.3 Å². The first-order valence-electron chi connectivity index (χ1n) is 28.9. The molecule has 0 saturated carbocycles. The maximum atomic E-state index is 13.7. The van der Waals surface area contributed by atoms with Crippen molar-refractivity contribution < 1.29 is 41.9 Å². The van der Waals surface area contributed by atoms with E-state index in [9.17, 15) is 19.2 Å². The van der Waals surface area contributed by atoms with Crippen molar-refractivity contribution in [2.45, 2.75) is 103 Å². The average molecular weight is 1260 g/mol. The summed E-state index contributed by atoms with van der Waals surface area (Å²) in [6, 6.07) is 31.4. The second kappa shape index (κ2) is 34.8. The van der Waals surface area contributed by atoms with E-state index in [1.165, 1.54) is 0 Å². The summed E-state index contributed by atoms with van der Waals surface area (Å²) in [6.45, 7) is 33.3. The molecule has 0 saturated heterocycles. The van der Waals surface area contributed by atoms with Crippen LogP contribution in [0.1, 0.15) is 54.4 Å². The Morgan fingerprint density at radius 2 is 0.871 bits per heavy atom. The summed E-state index contributed by atoms with van der Waals surface area (Å²) in [5.74, 6) is 2.31. The Morgan fingerprint density at radius 3 is 1.24 bits per heavy atom. The molecule has 0 fully saturated rings. The Kier molecular flexibility index (Phi) is 29.1. The molecule has 0 bridgehead atoms. The van der Waals surface area contributed by atoms with Gasteiger partial charge in [-0.1, -0.05) is 95.6 Å². The Labute approximate surface area is 517 Å². The van der Waals surface area contributed by atoms with Crippen LogP contribution >= 0.6 is 11.8 Å². The van der Waals surface area contributed by atoms with E-state index < -0.39 is 53.9 Å². The molecule has 4 N–H and O–H groups in total. The number of carbonyl (C=O) groups is 4. The Hall–Kier alpha value is -6.29. The number of hydrogen-bond donors (Lipinski definition) is 4. The molecule has 0 aliphatic carbocycles. The molecule has 0 spiro atoms. The summed E-state index contributed by atoms with van der Waals surface area (Å²) in [5.41, 5.74) is 14.3. The highest BCUT2D eigenvalue weighted by molar-refractivity contribution is 7.99. The van der Waals surface area contributed by atoms with Crippen molar-refractivity contribution in [1.29, 1.82) is 0 Å². The monoisotopic (exact) mass is 1260 g/mol. The number of nitrogens with zero attached hydrogens (tertiary/aromatic N) is 2. The van der Waals surface area contributed by atoms with Gasteiger partial charge in [-0.25, -0.2) is 9.59 Å². The molecule has 6 amide bonds. The summed E-state index contributed by atoms with van der Waals surface area (Å²) >= 11 is 1.90. The molecule has 1 atom stereocenters. The van der Waals surface area contributed by atoms with E-state index in [4.69, 9.17) is 22.8 Å². The first kappa shape index (κ1) is 71.2. The molecule has 4 rings (SSSR count). The largest absolute Gasteiger partial charge is 0.500 e. The lowest BCUT2D eigenvalue weighted by Gasteiger charge is -2.44. The zero-order chi connectivity index (χ0) is 62.7. The van der Waals surface area contributed by atoms with Gasteiger partial charge in [0.05, 0.1) is 0 Å². The maximum absolute atomic E-state index is 13.7. The van der Waals surface area contributed by atoms with Gasteiger partial charge in [0.15, 0.2) is 32.9 Å². The Balaban J connectivity index is 1.27. The molecule has 21 heteroatoms. The minimum absolute atomic E-state index is 0.122. The number of carbonyl (C=O) groups excluding carboxylic acids is 4. The first-order valence-corrected chi connectivity index (χ1v) is 44.1. The van der Waals surface area contributed by atoms with Crippen LogP contribution in [0.3, 0.4) is 0 Å². The molecule has 0 aliphatic rings. The van der Waals surface area contributed by atoms with Crippen molar-refractivity contribution in [3.63, 3.8) is 0 Å². The van der Waals surface area contributed by atoms with E-state index in [0.717, 1.165) is 71.9 Å². The lowest BCUT2D eigenvalue weighted by molar-refractivity contribution is 0.123. The van der Waals surface area contributed by atoms with Crippen LogP contribution in [0.15, 0.2) is 170 Å². The van der Waals surface area contributed by atoms with E-state index in [2.05, 4.69) is 106 Å². The highest BCUT2D eigenvalue weighted by Gasteiger charge is 2.42. The highest BCUT2D eigenvalue weighted by Crippen LogP contribution is 2.28. The molecule has 85 heavy (non-hydrogen) atoms. The molecule has 4 aromatic rings. The lowest BCUT2D eigenvalue weighted by Crippen LogP contribution is -2.64. The molecular weight excluding hydrogens is 1170 g/mol. The lowest BCUT2D eigenvalue weighted by atomic mass is 9.96. The molecule has 4 aromatic carbocycles. The number of thioether (sulfide) groups is 1. The number of urea groups is 2. The van der Waals surface area contributed by atoms with E-state index in [-0.39, 0.29) is 25.3 Å². The molecule has 0 heterocycles. The molecule has 1 unspecified atom stereocenters. The third-order valence-corrected chi connectivity index (χ3v) is 35.0. The number of benzene rings is 4. The molecule has 15 nitrogen and oxygen atoms in total. The van der Waals surface area contributed by atoms with Gasteiger partial charge in [-0.2, -0.15) is 11.8 Å². The average Bonchev–Trinajstić information content (AvgIpc) is 2.00. The van der Waals surface area contributed by atoms with Crippen molar-refractivity contribution >= 4 is 101 Å². The quantitative estimate of drug-likeness (QED) is 0.0198. The van der Waals surface area contributed by atoms with Gasteiger partial charge in [0.2, 0.25) is 0 Å². The second-order valence-corrected chi connectivity index (χ2v) is 44.8. The van der Waals surface area contributed by atoms with E-state index in [0.29, 0.717) is 41.5 Å².